The fourth-order valence-electron chi connectivity index (χ4n) is 3.69. The second-order valence-corrected chi connectivity index (χ2v) is 10.1. The quantitative estimate of drug-likeness (QED) is 0.424. The maximum atomic E-state index is 13.0. The molecule has 10 heteroatoms. The SMILES string of the molecule is CCN1CC(CC(=O)NO)S(=O)(=O)c2ccc(C(=O)NCc3ccc(N(C)C)cc3)cc21. The van der Waals surface area contributed by atoms with Crippen LogP contribution in [0, 0.1) is 0 Å². The maximum Gasteiger partial charge on any atom is 0.251 e. The lowest BCUT2D eigenvalue weighted by Crippen LogP contribution is -2.44. The predicted molar refractivity (Wildman–Crippen MR) is 122 cm³/mol. The van der Waals surface area contributed by atoms with Gasteiger partial charge < -0.3 is 15.1 Å². The number of hydrogen-bond acceptors (Lipinski definition) is 7. The van der Waals surface area contributed by atoms with Gasteiger partial charge in [0.1, 0.15) is 0 Å². The molecule has 0 radical (unpaired) electrons. The van der Waals surface area contributed by atoms with E-state index in [1.54, 1.807) is 6.07 Å². The van der Waals surface area contributed by atoms with Crippen molar-refractivity contribution < 1.29 is 23.2 Å². The summed E-state index contributed by atoms with van der Waals surface area (Å²) in [5.74, 6) is -1.06. The van der Waals surface area contributed by atoms with E-state index in [0.717, 1.165) is 11.3 Å². The maximum absolute atomic E-state index is 13.0. The van der Waals surface area contributed by atoms with Gasteiger partial charge in [0.25, 0.3) is 5.91 Å². The van der Waals surface area contributed by atoms with E-state index >= 15 is 0 Å². The highest BCUT2D eigenvalue weighted by molar-refractivity contribution is 7.92. The number of carbonyl (C=O) groups excluding carboxylic acids is 2. The molecule has 1 atom stereocenters. The molecule has 2 aromatic rings. The molecule has 0 fully saturated rings. The molecule has 0 saturated heterocycles. The summed E-state index contributed by atoms with van der Waals surface area (Å²) in [6, 6.07) is 12.3. The fraction of sp³-hybridized carbons (Fsp3) is 0.364. The van der Waals surface area contributed by atoms with Gasteiger partial charge in [-0.3, -0.25) is 14.8 Å². The summed E-state index contributed by atoms with van der Waals surface area (Å²) in [7, 11) is 0.120. The summed E-state index contributed by atoms with van der Waals surface area (Å²) in [6.45, 7) is 2.82. The van der Waals surface area contributed by atoms with Crippen molar-refractivity contribution in [3.05, 3.63) is 53.6 Å². The molecule has 3 rings (SSSR count). The summed E-state index contributed by atoms with van der Waals surface area (Å²) in [5, 5.41) is 10.7. The summed E-state index contributed by atoms with van der Waals surface area (Å²) in [6.07, 6.45) is -0.344. The van der Waals surface area contributed by atoms with Gasteiger partial charge in [-0.2, -0.15) is 0 Å². The van der Waals surface area contributed by atoms with Gasteiger partial charge >= 0.3 is 0 Å². The third-order valence-electron chi connectivity index (χ3n) is 5.56. The van der Waals surface area contributed by atoms with Gasteiger partial charge in [-0.15, -0.1) is 0 Å². The molecular formula is C22H28N4O5S. The average Bonchev–Trinajstić information content (AvgIpc) is 2.79. The Hall–Kier alpha value is -3.11. The minimum absolute atomic E-state index is 0.0807. The van der Waals surface area contributed by atoms with Crippen molar-refractivity contribution in [2.75, 3.05) is 37.0 Å². The number of sulfone groups is 1. The highest BCUT2D eigenvalue weighted by atomic mass is 32.2. The minimum Gasteiger partial charge on any atom is -0.378 e. The number of nitrogens with one attached hydrogen (secondary N) is 2. The molecular weight excluding hydrogens is 432 g/mol. The number of benzene rings is 2. The molecule has 2 aromatic carbocycles. The first-order valence-electron chi connectivity index (χ1n) is 10.3. The van der Waals surface area contributed by atoms with Crippen LogP contribution >= 0.6 is 0 Å². The predicted octanol–water partition coefficient (Wildman–Crippen LogP) is 1.56. The Morgan fingerprint density at radius 1 is 1.16 bits per heavy atom. The van der Waals surface area contributed by atoms with Crippen molar-refractivity contribution >= 4 is 33.0 Å². The second-order valence-electron chi connectivity index (χ2n) is 7.87. The normalized spacial score (nSPS) is 16.8. The van der Waals surface area contributed by atoms with Gasteiger partial charge in [-0.25, -0.2) is 13.9 Å². The van der Waals surface area contributed by atoms with Crippen LogP contribution in [0.4, 0.5) is 11.4 Å². The van der Waals surface area contributed by atoms with Crippen molar-refractivity contribution in [3.8, 4) is 0 Å². The topological polar surface area (TPSA) is 119 Å². The molecule has 0 spiro atoms. The van der Waals surface area contributed by atoms with Crippen LogP contribution in [0.3, 0.4) is 0 Å². The van der Waals surface area contributed by atoms with Crippen LogP contribution < -0.4 is 20.6 Å². The van der Waals surface area contributed by atoms with Gasteiger partial charge in [0.2, 0.25) is 5.91 Å². The van der Waals surface area contributed by atoms with E-state index < -0.39 is 21.0 Å². The van der Waals surface area contributed by atoms with Crippen molar-refractivity contribution in [1.82, 2.24) is 10.8 Å². The largest absolute Gasteiger partial charge is 0.378 e. The lowest BCUT2D eigenvalue weighted by Gasteiger charge is -2.35. The zero-order valence-electron chi connectivity index (χ0n) is 18.3. The summed E-state index contributed by atoms with van der Waals surface area (Å²) < 4.78 is 26.0. The smallest absolute Gasteiger partial charge is 0.251 e. The first-order chi connectivity index (χ1) is 15.2. The number of hydroxylamine groups is 1. The van der Waals surface area contributed by atoms with Crippen molar-refractivity contribution in [2.24, 2.45) is 0 Å². The molecule has 1 aliphatic rings. The van der Waals surface area contributed by atoms with E-state index in [4.69, 9.17) is 5.21 Å². The molecule has 1 unspecified atom stereocenters. The number of carbonyl (C=O) groups is 2. The Morgan fingerprint density at radius 2 is 1.84 bits per heavy atom. The van der Waals surface area contributed by atoms with Gasteiger partial charge in [0, 0.05) is 51.4 Å². The van der Waals surface area contributed by atoms with E-state index in [2.05, 4.69) is 5.32 Å². The molecule has 1 heterocycles. The molecule has 9 nitrogen and oxygen atoms in total. The zero-order chi connectivity index (χ0) is 23.5. The molecule has 0 saturated carbocycles. The highest BCUT2D eigenvalue weighted by Crippen LogP contribution is 2.35. The van der Waals surface area contributed by atoms with E-state index in [1.165, 1.54) is 17.6 Å². The number of fused-ring (bicyclic) bond motifs is 1. The van der Waals surface area contributed by atoms with Gasteiger partial charge in [0.15, 0.2) is 9.84 Å². The molecule has 0 aromatic heterocycles. The van der Waals surface area contributed by atoms with Crippen LogP contribution in [0.5, 0.6) is 0 Å². The van der Waals surface area contributed by atoms with E-state index in [0.29, 0.717) is 24.3 Å². The van der Waals surface area contributed by atoms with E-state index in [1.807, 2.05) is 55.1 Å². The number of rotatable bonds is 7. The number of nitrogens with zero attached hydrogens (tertiary/aromatic N) is 2. The molecule has 32 heavy (non-hydrogen) atoms. The average molecular weight is 461 g/mol. The lowest BCUT2D eigenvalue weighted by atomic mass is 10.1. The minimum atomic E-state index is -3.79. The highest BCUT2D eigenvalue weighted by Gasteiger charge is 2.38. The summed E-state index contributed by atoms with van der Waals surface area (Å²) in [4.78, 5) is 28.2. The summed E-state index contributed by atoms with van der Waals surface area (Å²) in [5.41, 5.74) is 4.30. The van der Waals surface area contributed by atoms with Crippen LogP contribution in [-0.4, -0.2) is 57.9 Å². The fourth-order valence-corrected chi connectivity index (χ4v) is 5.53. The van der Waals surface area contributed by atoms with E-state index in [-0.39, 0.29) is 23.8 Å². The van der Waals surface area contributed by atoms with Crippen LogP contribution in [0.2, 0.25) is 0 Å². The van der Waals surface area contributed by atoms with Crippen molar-refractivity contribution in [2.45, 2.75) is 30.0 Å². The Labute approximate surface area is 187 Å². The van der Waals surface area contributed by atoms with Gasteiger partial charge in [0.05, 0.1) is 15.8 Å². The van der Waals surface area contributed by atoms with Crippen LogP contribution in [-0.2, 0) is 21.2 Å². The Balaban J connectivity index is 1.79. The molecule has 0 bridgehead atoms. The lowest BCUT2D eigenvalue weighted by molar-refractivity contribution is -0.129. The Kier molecular flexibility index (Phi) is 7.05. The van der Waals surface area contributed by atoms with Gasteiger partial charge in [-0.1, -0.05) is 12.1 Å². The van der Waals surface area contributed by atoms with Gasteiger partial charge in [-0.05, 0) is 42.8 Å². The molecule has 3 N–H and O–H groups in total. The third-order valence-corrected chi connectivity index (χ3v) is 7.71. The number of anilines is 2. The van der Waals surface area contributed by atoms with Crippen LogP contribution in [0.1, 0.15) is 29.3 Å². The standard InChI is InChI=1S/C22H28N4O5S/c1-4-26-14-18(12-21(27)24-29)32(30,31)20-10-7-16(11-19(20)26)22(28)23-13-15-5-8-17(9-6-15)25(2)3/h5-11,18,29H,4,12-14H2,1-3H3,(H,23,28)(H,24,27). The van der Waals surface area contributed by atoms with Crippen LogP contribution in [0.25, 0.3) is 0 Å². The number of hydrogen-bond donors (Lipinski definition) is 3. The molecule has 0 aliphatic carbocycles. The first kappa shape index (κ1) is 23.6. The molecule has 1 aliphatic heterocycles. The zero-order valence-corrected chi connectivity index (χ0v) is 19.1. The monoisotopic (exact) mass is 460 g/mol. The summed E-state index contributed by atoms with van der Waals surface area (Å²) >= 11 is 0. The first-order valence-corrected chi connectivity index (χ1v) is 11.8. The Morgan fingerprint density at radius 3 is 2.44 bits per heavy atom. The second kappa shape index (κ2) is 9.58. The third kappa shape index (κ3) is 4.86. The van der Waals surface area contributed by atoms with Crippen molar-refractivity contribution in [1.29, 1.82) is 0 Å². The van der Waals surface area contributed by atoms with Crippen molar-refractivity contribution in [3.63, 3.8) is 0 Å². The van der Waals surface area contributed by atoms with Crippen LogP contribution in [0.15, 0.2) is 47.4 Å². The van der Waals surface area contributed by atoms with E-state index in [9.17, 15) is 18.0 Å². The molecule has 172 valence electrons. The Bertz CT molecular complexity index is 1100. The molecule has 2 amide bonds. The number of amides is 2.